The van der Waals surface area contributed by atoms with Crippen LogP contribution < -0.4 is 15.4 Å². The standard InChI is InChI=1S/C14H24N4OS/c1-14(2,20-5)10-18-13(15-3)17-9-11-6-7-16-12(8-11)19-4/h6-8H,9-10H2,1-5H3,(H2,15,17,18). The van der Waals surface area contributed by atoms with Crippen molar-refractivity contribution in [2.24, 2.45) is 4.99 Å². The number of ether oxygens (including phenoxy) is 1. The Morgan fingerprint density at radius 2 is 2.20 bits per heavy atom. The van der Waals surface area contributed by atoms with Crippen LogP contribution in [0.15, 0.2) is 23.3 Å². The molecule has 0 spiro atoms. The Balaban J connectivity index is 2.49. The van der Waals surface area contributed by atoms with Crippen molar-refractivity contribution in [1.29, 1.82) is 0 Å². The molecule has 0 unspecified atom stereocenters. The van der Waals surface area contributed by atoms with Crippen LogP contribution in [0.3, 0.4) is 0 Å². The summed E-state index contributed by atoms with van der Waals surface area (Å²) in [6.07, 6.45) is 3.85. The number of guanidine groups is 1. The van der Waals surface area contributed by atoms with Gasteiger partial charge >= 0.3 is 0 Å². The van der Waals surface area contributed by atoms with Crippen LogP contribution in [0.4, 0.5) is 0 Å². The highest BCUT2D eigenvalue weighted by Crippen LogP contribution is 2.19. The first-order valence-corrected chi connectivity index (χ1v) is 7.72. The summed E-state index contributed by atoms with van der Waals surface area (Å²) in [5, 5.41) is 6.61. The second kappa shape index (κ2) is 7.99. The molecule has 0 aliphatic carbocycles. The third kappa shape index (κ3) is 5.69. The lowest BCUT2D eigenvalue weighted by atomic mass is 10.2. The van der Waals surface area contributed by atoms with E-state index in [0.717, 1.165) is 18.1 Å². The van der Waals surface area contributed by atoms with Crippen LogP contribution in [-0.4, -0.2) is 42.6 Å². The molecule has 0 saturated carbocycles. The van der Waals surface area contributed by atoms with Crippen LogP contribution in [0, 0.1) is 0 Å². The molecule has 0 aliphatic heterocycles. The molecule has 1 heterocycles. The second-order valence-electron chi connectivity index (χ2n) is 4.95. The first kappa shape index (κ1) is 16.6. The van der Waals surface area contributed by atoms with Crippen LogP contribution >= 0.6 is 11.8 Å². The quantitative estimate of drug-likeness (QED) is 0.620. The van der Waals surface area contributed by atoms with Crippen molar-refractivity contribution in [3.05, 3.63) is 23.9 Å². The largest absolute Gasteiger partial charge is 0.481 e. The number of aromatic nitrogens is 1. The molecule has 0 amide bonds. The molecule has 6 heteroatoms. The first-order valence-electron chi connectivity index (χ1n) is 6.49. The van der Waals surface area contributed by atoms with Crippen molar-refractivity contribution in [3.8, 4) is 5.88 Å². The zero-order valence-electron chi connectivity index (χ0n) is 12.9. The predicted molar refractivity (Wildman–Crippen MR) is 86.6 cm³/mol. The smallest absolute Gasteiger partial charge is 0.213 e. The van der Waals surface area contributed by atoms with E-state index in [1.165, 1.54) is 0 Å². The molecule has 5 nitrogen and oxygen atoms in total. The minimum absolute atomic E-state index is 0.178. The van der Waals surface area contributed by atoms with Gasteiger partial charge in [-0.15, -0.1) is 0 Å². The molecule has 1 rings (SSSR count). The Labute approximate surface area is 125 Å². The maximum Gasteiger partial charge on any atom is 0.213 e. The number of hydrogen-bond donors (Lipinski definition) is 2. The Hall–Kier alpha value is -1.43. The van der Waals surface area contributed by atoms with Gasteiger partial charge in [0.1, 0.15) is 0 Å². The maximum atomic E-state index is 5.11. The monoisotopic (exact) mass is 296 g/mol. The van der Waals surface area contributed by atoms with Crippen molar-refractivity contribution in [3.63, 3.8) is 0 Å². The van der Waals surface area contributed by atoms with Crippen LogP contribution in [-0.2, 0) is 6.54 Å². The van der Waals surface area contributed by atoms with Crippen LogP contribution in [0.25, 0.3) is 0 Å². The Morgan fingerprint density at radius 3 is 2.80 bits per heavy atom. The zero-order valence-corrected chi connectivity index (χ0v) is 13.7. The summed E-state index contributed by atoms with van der Waals surface area (Å²) in [6.45, 7) is 5.93. The van der Waals surface area contributed by atoms with Gasteiger partial charge in [-0.05, 0) is 31.7 Å². The molecule has 1 aromatic rings. The predicted octanol–water partition coefficient (Wildman–Crippen LogP) is 1.90. The van der Waals surface area contributed by atoms with Gasteiger partial charge in [-0.25, -0.2) is 4.98 Å². The van der Waals surface area contributed by atoms with E-state index >= 15 is 0 Å². The summed E-state index contributed by atoms with van der Waals surface area (Å²) in [4.78, 5) is 8.31. The van der Waals surface area contributed by atoms with Gasteiger partial charge in [0, 0.05) is 37.1 Å². The number of methoxy groups -OCH3 is 1. The minimum Gasteiger partial charge on any atom is -0.481 e. The Morgan fingerprint density at radius 1 is 1.45 bits per heavy atom. The van der Waals surface area contributed by atoms with Crippen molar-refractivity contribution < 1.29 is 4.74 Å². The van der Waals surface area contributed by atoms with E-state index in [0.29, 0.717) is 12.4 Å². The number of aliphatic imine (C=N–C) groups is 1. The maximum absolute atomic E-state index is 5.11. The lowest BCUT2D eigenvalue weighted by molar-refractivity contribution is 0.397. The summed E-state index contributed by atoms with van der Waals surface area (Å²) >= 11 is 1.83. The molecule has 20 heavy (non-hydrogen) atoms. The Bertz CT molecular complexity index is 449. The number of hydrogen-bond acceptors (Lipinski definition) is 4. The molecule has 0 aromatic carbocycles. The fourth-order valence-corrected chi connectivity index (χ4v) is 1.66. The minimum atomic E-state index is 0.178. The van der Waals surface area contributed by atoms with Crippen LogP contribution in [0.1, 0.15) is 19.4 Å². The van der Waals surface area contributed by atoms with E-state index in [2.05, 4.69) is 40.7 Å². The van der Waals surface area contributed by atoms with Gasteiger partial charge in [0.25, 0.3) is 0 Å². The third-order valence-corrected chi connectivity index (χ3v) is 4.18. The molecule has 0 atom stereocenters. The summed E-state index contributed by atoms with van der Waals surface area (Å²) < 4.78 is 5.29. The molecule has 0 bridgehead atoms. The molecule has 1 aromatic heterocycles. The molecule has 0 saturated heterocycles. The lowest BCUT2D eigenvalue weighted by Crippen LogP contribution is -2.42. The SMILES string of the molecule is CN=C(NCc1ccnc(OC)c1)NCC(C)(C)SC. The number of nitrogens with zero attached hydrogens (tertiary/aromatic N) is 2. The highest BCUT2D eigenvalue weighted by Gasteiger charge is 2.15. The first-order chi connectivity index (χ1) is 9.50. The summed E-state index contributed by atoms with van der Waals surface area (Å²) in [5.74, 6) is 1.42. The molecule has 112 valence electrons. The van der Waals surface area contributed by atoms with Gasteiger partial charge in [0.15, 0.2) is 5.96 Å². The van der Waals surface area contributed by atoms with E-state index in [1.54, 1.807) is 20.4 Å². The fourth-order valence-electron chi connectivity index (χ4n) is 1.45. The van der Waals surface area contributed by atoms with E-state index in [9.17, 15) is 0 Å². The fraction of sp³-hybridized carbons (Fsp3) is 0.571. The van der Waals surface area contributed by atoms with Gasteiger partial charge < -0.3 is 15.4 Å². The van der Waals surface area contributed by atoms with E-state index in [1.807, 2.05) is 23.9 Å². The molecular weight excluding hydrogens is 272 g/mol. The highest BCUT2D eigenvalue weighted by atomic mass is 32.2. The molecule has 0 radical (unpaired) electrons. The van der Waals surface area contributed by atoms with Crippen molar-refractivity contribution >= 4 is 17.7 Å². The number of thioether (sulfide) groups is 1. The van der Waals surface area contributed by atoms with Gasteiger partial charge in [-0.1, -0.05) is 0 Å². The molecule has 2 N–H and O–H groups in total. The van der Waals surface area contributed by atoms with E-state index in [-0.39, 0.29) is 4.75 Å². The normalized spacial score (nSPS) is 12.2. The zero-order chi connectivity index (χ0) is 15.0. The van der Waals surface area contributed by atoms with Crippen molar-refractivity contribution in [1.82, 2.24) is 15.6 Å². The molecular formula is C14H24N4OS. The van der Waals surface area contributed by atoms with Crippen molar-refractivity contribution in [2.45, 2.75) is 25.1 Å². The van der Waals surface area contributed by atoms with E-state index < -0.39 is 0 Å². The second-order valence-corrected chi connectivity index (χ2v) is 6.46. The average Bonchev–Trinajstić information content (AvgIpc) is 2.47. The van der Waals surface area contributed by atoms with Crippen LogP contribution in [0.5, 0.6) is 5.88 Å². The summed E-state index contributed by atoms with van der Waals surface area (Å²) in [5.41, 5.74) is 1.10. The number of rotatable bonds is 6. The average molecular weight is 296 g/mol. The van der Waals surface area contributed by atoms with Gasteiger partial charge in [-0.3, -0.25) is 4.99 Å². The van der Waals surface area contributed by atoms with Crippen LogP contribution in [0.2, 0.25) is 0 Å². The Kier molecular flexibility index (Phi) is 6.64. The third-order valence-electron chi connectivity index (χ3n) is 2.93. The summed E-state index contributed by atoms with van der Waals surface area (Å²) in [7, 11) is 3.39. The van der Waals surface area contributed by atoms with Crippen molar-refractivity contribution in [2.75, 3.05) is 27.0 Å². The van der Waals surface area contributed by atoms with E-state index in [4.69, 9.17) is 4.74 Å². The topological polar surface area (TPSA) is 58.5 Å². The van der Waals surface area contributed by atoms with Gasteiger partial charge in [0.2, 0.25) is 5.88 Å². The van der Waals surface area contributed by atoms with Gasteiger partial charge in [-0.2, -0.15) is 11.8 Å². The number of pyridine rings is 1. The highest BCUT2D eigenvalue weighted by molar-refractivity contribution is 7.99. The lowest BCUT2D eigenvalue weighted by Gasteiger charge is -2.23. The molecule has 0 fully saturated rings. The number of nitrogens with one attached hydrogen (secondary N) is 2. The molecule has 0 aliphatic rings. The summed E-state index contributed by atoms with van der Waals surface area (Å²) in [6, 6.07) is 3.86. The van der Waals surface area contributed by atoms with Gasteiger partial charge in [0.05, 0.1) is 7.11 Å².